The summed E-state index contributed by atoms with van der Waals surface area (Å²) in [6.07, 6.45) is 5.67. The molecule has 2 aromatic carbocycles. The van der Waals surface area contributed by atoms with Crippen LogP contribution in [0.1, 0.15) is 60.4 Å². The van der Waals surface area contributed by atoms with Gasteiger partial charge in [0, 0.05) is 23.5 Å². The molecule has 186 valence electrons. The second-order valence-corrected chi connectivity index (χ2v) is 9.82. The Morgan fingerprint density at radius 3 is 2.56 bits per heavy atom. The Morgan fingerprint density at radius 1 is 1.08 bits per heavy atom. The first-order chi connectivity index (χ1) is 17.4. The van der Waals surface area contributed by atoms with Gasteiger partial charge < -0.3 is 15.3 Å². The number of aromatic nitrogens is 1. The number of hydrogen-bond donors (Lipinski definition) is 3. The summed E-state index contributed by atoms with van der Waals surface area (Å²) in [6, 6.07) is 14.9. The molecule has 6 heteroatoms. The number of nitrogens with zero attached hydrogens (tertiary/aromatic N) is 1. The fourth-order valence-electron chi connectivity index (χ4n) is 5.18. The summed E-state index contributed by atoms with van der Waals surface area (Å²) in [4.78, 5) is 16.1. The average Bonchev–Trinajstić information content (AvgIpc) is 3.69. The van der Waals surface area contributed by atoms with Crippen LogP contribution in [-0.4, -0.2) is 38.5 Å². The van der Waals surface area contributed by atoms with Crippen LogP contribution in [0.5, 0.6) is 0 Å². The second kappa shape index (κ2) is 10.3. The highest BCUT2D eigenvalue weighted by Gasteiger charge is 2.32. The van der Waals surface area contributed by atoms with E-state index in [0.29, 0.717) is 5.92 Å². The van der Waals surface area contributed by atoms with E-state index in [1.54, 1.807) is 18.2 Å². The molecular formula is C30H30FNO4. The molecule has 0 aliphatic heterocycles. The van der Waals surface area contributed by atoms with E-state index in [9.17, 15) is 19.4 Å². The molecule has 36 heavy (non-hydrogen) atoms. The molecule has 2 unspecified atom stereocenters. The maximum atomic E-state index is 13.9. The van der Waals surface area contributed by atoms with Crippen molar-refractivity contribution in [3.05, 3.63) is 82.8 Å². The number of carbonyl (C=O) groups is 1. The third kappa shape index (κ3) is 5.25. The zero-order valence-corrected chi connectivity index (χ0v) is 20.0. The monoisotopic (exact) mass is 487 g/mol. The maximum absolute atomic E-state index is 13.9. The average molecular weight is 488 g/mol. The standard InChI is InChI=1S/C30H30FNO4/c31-21-12-10-19(11-13-21)28-25-7-3-5-18-4-1-2-6-24(18)30(25)32-29(20-8-9-20)26(28)15-14-22(33)16-23(34)17-27(35)36/h1-2,4,6,10-15,20,22-23,33-34H,3,5,7-9,16-17H2,(H,35,36)/b15-14+. The summed E-state index contributed by atoms with van der Waals surface area (Å²) >= 11 is 0. The molecule has 0 bridgehead atoms. The number of pyridine rings is 1. The number of carboxylic acids is 1. The first-order valence-corrected chi connectivity index (χ1v) is 12.6. The normalized spacial score (nSPS) is 16.8. The number of benzene rings is 2. The summed E-state index contributed by atoms with van der Waals surface area (Å²) in [5.41, 5.74) is 8.32. The van der Waals surface area contributed by atoms with Crippen LogP contribution >= 0.6 is 0 Å². The Kier molecular flexibility index (Phi) is 6.99. The van der Waals surface area contributed by atoms with Crippen molar-refractivity contribution in [1.29, 1.82) is 0 Å². The van der Waals surface area contributed by atoms with Gasteiger partial charge in [-0.15, -0.1) is 0 Å². The fraction of sp³-hybridized carbons (Fsp3) is 0.333. The molecule has 5 nitrogen and oxygen atoms in total. The van der Waals surface area contributed by atoms with Crippen LogP contribution in [0.15, 0.2) is 54.6 Å². The highest BCUT2D eigenvalue weighted by atomic mass is 19.1. The van der Waals surface area contributed by atoms with Crippen LogP contribution in [-0.2, 0) is 17.6 Å². The van der Waals surface area contributed by atoms with Crippen molar-refractivity contribution >= 4 is 12.0 Å². The Labute approximate surface area is 210 Å². The Bertz CT molecular complexity index is 1300. The lowest BCUT2D eigenvalue weighted by Gasteiger charge is -2.20. The van der Waals surface area contributed by atoms with E-state index in [1.807, 2.05) is 12.1 Å². The molecular weight excluding hydrogens is 457 g/mol. The number of halogens is 1. The van der Waals surface area contributed by atoms with Gasteiger partial charge in [0.15, 0.2) is 0 Å². The van der Waals surface area contributed by atoms with E-state index >= 15 is 0 Å². The molecule has 0 spiro atoms. The predicted octanol–water partition coefficient (Wildman–Crippen LogP) is 5.52. The minimum absolute atomic E-state index is 0.0702. The van der Waals surface area contributed by atoms with Crippen molar-refractivity contribution in [2.45, 2.75) is 63.1 Å². The van der Waals surface area contributed by atoms with Gasteiger partial charge in [-0.3, -0.25) is 9.78 Å². The topological polar surface area (TPSA) is 90.7 Å². The van der Waals surface area contributed by atoms with Crippen molar-refractivity contribution < 1.29 is 24.5 Å². The van der Waals surface area contributed by atoms with Gasteiger partial charge in [-0.25, -0.2) is 4.39 Å². The predicted molar refractivity (Wildman–Crippen MR) is 137 cm³/mol. The first-order valence-electron chi connectivity index (χ1n) is 12.6. The lowest BCUT2D eigenvalue weighted by molar-refractivity contribution is -0.139. The van der Waals surface area contributed by atoms with Crippen molar-refractivity contribution in [2.24, 2.45) is 0 Å². The molecule has 2 aliphatic carbocycles. The van der Waals surface area contributed by atoms with Crippen LogP contribution in [0.2, 0.25) is 0 Å². The number of hydrogen-bond acceptors (Lipinski definition) is 4. The van der Waals surface area contributed by atoms with Crippen molar-refractivity contribution in [2.75, 3.05) is 0 Å². The van der Waals surface area contributed by atoms with Crippen LogP contribution in [0.4, 0.5) is 4.39 Å². The molecule has 2 aliphatic rings. The SMILES string of the molecule is O=C(O)CC(O)CC(O)/C=C/c1c(C2CC2)nc2c(c1-c1ccc(F)cc1)CCCc1ccccc1-2. The van der Waals surface area contributed by atoms with Crippen molar-refractivity contribution in [1.82, 2.24) is 4.98 Å². The highest BCUT2D eigenvalue weighted by Crippen LogP contribution is 2.47. The summed E-state index contributed by atoms with van der Waals surface area (Å²) in [5, 5.41) is 29.4. The molecule has 2 atom stereocenters. The molecule has 1 fully saturated rings. The smallest absolute Gasteiger partial charge is 0.305 e. The van der Waals surface area contributed by atoms with Crippen LogP contribution in [0.3, 0.4) is 0 Å². The fourth-order valence-corrected chi connectivity index (χ4v) is 5.18. The van der Waals surface area contributed by atoms with Gasteiger partial charge >= 0.3 is 5.97 Å². The molecule has 3 aromatic rings. The van der Waals surface area contributed by atoms with Crippen LogP contribution in [0, 0.1) is 5.82 Å². The van der Waals surface area contributed by atoms with E-state index in [-0.39, 0.29) is 12.2 Å². The van der Waals surface area contributed by atoms with Crippen molar-refractivity contribution in [3.63, 3.8) is 0 Å². The Balaban J connectivity index is 1.66. The maximum Gasteiger partial charge on any atom is 0.305 e. The van der Waals surface area contributed by atoms with Gasteiger partial charge in [0.1, 0.15) is 5.82 Å². The van der Waals surface area contributed by atoms with E-state index in [2.05, 4.69) is 18.2 Å². The van der Waals surface area contributed by atoms with E-state index < -0.39 is 24.6 Å². The number of carboxylic acid groups (broad SMARTS) is 1. The largest absolute Gasteiger partial charge is 0.481 e. The number of fused-ring (bicyclic) bond motifs is 3. The molecule has 1 saturated carbocycles. The van der Waals surface area contributed by atoms with E-state index in [4.69, 9.17) is 10.1 Å². The Morgan fingerprint density at radius 2 is 1.83 bits per heavy atom. The van der Waals surface area contributed by atoms with Gasteiger partial charge in [-0.1, -0.05) is 48.6 Å². The molecule has 1 aromatic heterocycles. The van der Waals surface area contributed by atoms with Gasteiger partial charge in [-0.05, 0) is 66.5 Å². The zero-order chi connectivity index (χ0) is 25.2. The number of aliphatic carboxylic acids is 1. The minimum atomic E-state index is -1.14. The van der Waals surface area contributed by atoms with Gasteiger partial charge in [0.2, 0.25) is 0 Å². The van der Waals surface area contributed by atoms with Crippen LogP contribution in [0.25, 0.3) is 28.5 Å². The summed E-state index contributed by atoms with van der Waals surface area (Å²) in [7, 11) is 0. The molecule has 0 radical (unpaired) electrons. The molecule has 0 saturated heterocycles. The second-order valence-electron chi connectivity index (χ2n) is 9.82. The number of rotatable bonds is 8. The third-order valence-corrected chi connectivity index (χ3v) is 7.02. The summed E-state index contributed by atoms with van der Waals surface area (Å²) < 4.78 is 13.9. The molecule has 5 rings (SSSR count). The van der Waals surface area contributed by atoms with Gasteiger partial charge in [0.05, 0.1) is 30.0 Å². The first kappa shape index (κ1) is 24.3. The third-order valence-electron chi connectivity index (χ3n) is 7.02. The van der Waals surface area contributed by atoms with E-state index in [0.717, 1.165) is 71.3 Å². The molecule has 3 N–H and O–H groups in total. The minimum Gasteiger partial charge on any atom is -0.481 e. The van der Waals surface area contributed by atoms with Gasteiger partial charge in [-0.2, -0.15) is 0 Å². The number of aryl methyl sites for hydroxylation is 1. The number of aliphatic hydroxyl groups excluding tert-OH is 2. The number of aliphatic hydroxyl groups is 2. The van der Waals surface area contributed by atoms with Crippen molar-refractivity contribution in [3.8, 4) is 22.4 Å². The highest BCUT2D eigenvalue weighted by molar-refractivity contribution is 5.86. The lowest BCUT2D eigenvalue weighted by Crippen LogP contribution is -2.19. The molecule has 0 amide bonds. The zero-order valence-electron chi connectivity index (χ0n) is 20.0. The lowest BCUT2D eigenvalue weighted by atomic mass is 9.87. The van der Waals surface area contributed by atoms with Gasteiger partial charge in [0.25, 0.3) is 0 Å². The summed E-state index contributed by atoms with van der Waals surface area (Å²) in [6.45, 7) is 0. The Hall–Kier alpha value is -3.35. The van der Waals surface area contributed by atoms with Crippen LogP contribution < -0.4 is 0 Å². The molecule has 1 heterocycles. The quantitative estimate of drug-likeness (QED) is 0.389. The summed E-state index contributed by atoms with van der Waals surface area (Å²) in [5.74, 6) is -1.09. The van der Waals surface area contributed by atoms with E-state index in [1.165, 1.54) is 17.7 Å².